The van der Waals surface area contributed by atoms with E-state index in [0.29, 0.717) is 11.9 Å². The molecule has 3 heteroatoms. The third-order valence-corrected chi connectivity index (χ3v) is 4.13. The molecule has 1 aliphatic rings. The number of benzene rings is 2. The van der Waals surface area contributed by atoms with Crippen LogP contribution in [0.3, 0.4) is 0 Å². The lowest BCUT2D eigenvalue weighted by Crippen LogP contribution is -2.33. The van der Waals surface area contributed by atoms with E-state index >= 15 is 0 Å². The third-order valence-electron chi connectivity index (χ3n) is 4.13. The minimum atomic E-state index is 0.321. The normalized spacial score (nSPS) is 19.2. The molecule has 2 aromatic carbocycles. The first-order valence-corrected chi connectivity index (χ1v) is 7.72. The smallest absolute Gasteiger partial charge is 0.116 e. The Morgan fingerprint density at radius 2 is 1.95 bits per heavy atom. The largest absolute Gasteiger partial charge is 0.508 e. The highest BCUT2D eigenvalue weighted by molar-refractivity contribution is 5.84. The van der Waals surface area contributed by atoms with Gasteiger partial charge in [-0.1, -0.05) is 18.2 Å². The molecule has 0 aliphatic carbocycles. The fourth-order valence-electron chi connectivity index (χ4n) is 3.06. The molecule has 2 aromatic rings. The van der Waals surface area contributed by atoms with Gasteiger partial charge in [0, 0.05) is 19.7 Å². The van der Waals surface area contributed by atoms with Crippen LogP contribution in [-0.2, 0) is 11.3 Å². The van der Waals surface area contributed by atoms with E-state index in [9.17, 15) is 5.11 Å². The number of hydrogen-bond acceptors (Lipinski definition) is 3. The van der Waals surface area contributed by atoms with Crippen molar-refractivity contribution in [1.82, 2.24) is 4.90 Å². The minimum absolute atomic E-state index is 0.321. The number of rotatable bonds is 4. The van der Waals surface area contributed by atoms with E-state index in [1.165, 1.54) is 30.2 Å². The van der Waals surface area contributed by atoms with Crippen LogP contribution in [0.2, 0.25) is 0 Å². The zero-order chi connectivity index (χ0) is 14.7. The van der Waals surface area contributed by atoms with Crippen LogP contribution < -0.4 is 0 Å². The van der Waals surface area contributed by atoms with Crippen LogP contribution in [0.5, 0.6) is 5.75 Å². The number of aromatic hydroxyl groups is 1. The topological polar surface area (TPSA) is 32.7 Å². The zero-order valence-electron chi connectivity index (χ0n) is 12.6. The van der Waals surface area contributed by atoms with Gasteiger partial charge in [0.05, 0.1) is 6.10 Å². The van der Waals surface area contributed by atoms with Crippen LogP contribution in [0.25, 0.3) is 10.8 Å². The first-order chi connectivity index (χ1) is 10.2. The Morgan fingerprint density at radius 1 is 1.14 bits per heavy atom. The van der Waals surface area contributed by atoms with Crippen molar-refractivity contribution in [3.8, 4) is 5.75 Å². The second kappa shape index (κ2) is 6.46. The van der Waals surface area contributed by atoms with Crippen molar-refractivity contribution >= 4 is 10.8 Å². The summed E-state index contributed by atoms with van der Waals surface area (Å²) in [7, 11) is 2.15. The highest BCUT2D eigenvalue weighted by Gasteiger charge is 2.15. The van der Waals surface area contributed by atoms with E-state index in [2.05, 4.69) is 30.1 Å². The van der Waals surface area contributed by atoms with Crippen LogP contribution in [0.4, 0.5) is 0 Å². The summed E-state index contributed by atoms with van der Waals surface area (Å²) < 4.78 is 5.80. The quantitative estimate of drug-likeness (QED) is 0.932. The van der Waals surface area contributed by atoms with E-state index in [0.717, 1.165) is 25.1 Å². The van der Waals surface area contributed by atoms with Crippen LogP contribution in [0, 0.1) is 0 Å². The van der Waals surface area contributed by atoms with Crippen LogP contribution in [-0.4, -0.2) is 36.3 Å². The van der Waals surface area contributed by atoms with Gasteiger partial charge < -0.3 is 9.84 Å². The Hall–Kier alpha value is -1.58. The average Bonchev–Trinajstić information content (AvgIpc) is 2.48. The summed E-state index contributed by atoms with van der Waals surface area (Å²) in [5.74, 6) is 0.321. The molecule has 112 valence electrons. The van der Waals surface area contributed by atoms with Crippen molar-refractivity contribution in [2.24, 2.45) is 0 Å². The molecule has 1 aliphatic heterocycles. The lowest BCUT2D eigenvalue weighted by atomic mass is 10.1. The number of nitrogens with zero attached hydrogens (tertiary/aromatic N) is 1. The van der Waals surface area contributed by atoms with Crippen molar-refractivity contribution in [3.05, 3.63) is 42.0 Å². The van der Waals surface area contributed by atoms with Gasteiger partial charge in [-0.3, -0.25) is 4.90 Å². The van der Waals surface area contributed by atoms with E-state index in [1.54, 1.807) is 12.1 Å². The molecule has 1 heterocycles. The summed E-state index contributed by atoms with van der Waals surface area (Å²) in [6.07, 6.45) is 4.07. The molecule has 0 bridgehead atoms. The Morgan fingerprint density at radius 3 is 2.76 bits per heavy atom. The van der Waals surface area contributed by atoms with Crippen LogP contribution in [0.1, 0.15) is 24.8 Å². The SMILES string of the molecule is CN(Cc1ccc2cc(O)ccc2c1)CC1CCCCO1. The van der Waals surface area contributed by atoms with E-state index < -0.39 is 0 Å². The number of likely N-dealkylation sites (N-methyl/N-ethyl adjacent to an activating group) is 1. The predicted octanol–water partition coefficient (Wildman–Crippen LogP) is 3.55. The molecule has 0 radical (unpaired) electrons. The highest BCUT2D eigenvalue weighted by Crippen LogP contribution is 2.22. The second-order valence-electron chi connectivity index (χ2n) is 6.05. The second-order valence-corrected chi connectivity index (χ2v) is 6.05. The summed E-state index contributed by atoms with van der Waals surface area (Å²) in [6, 6.07) is 11.9. The van der Waals surface area contributed by atoms with Gasteiger partial charge in [0.1, 0.15) is 5.75 Å². The molecular weight excluding hydrogens is 262 g/mol. The molecule has 1 unspecified atom stereocenters. The molecule has 1 atom stereocenters. The molecular formula is C18H23NO2. The van der Waals surface area contributed by atoms with Gasteiger partial charge in [0.25, 0.3) is 0 Å². The fourth-order valence-corrected chi connectivity index (χ4v) is 3.06. The maximum atomic E-state index is 9.51. The van der Waals surface area contributed by atoms with E-state index in [-0.39, 0.29) is 0 Å². The Bertz CT molecular complexity index is 605. The summed E-state index contributed by atoms with van der Waals surface area (Å²) in [6.45, 7) is 2.84. The predicted molar refractivity (Wildman–Crippen MR) is 85.5 cm³/mol. The monoisotopic (exact) mass is 285 g/mol. The summed E-state index contributed by atoms with van der Waals surface area (Å²) >= 11 is 0. The molecule has 1 N–H and O–H groups in total. The maximum Gasteiger partial charge on any atom is 0.116 e. The molecule has 3 rings (SSSR count). The van der Waals surface area contributed by atoms with Crippen molar-refractivity contribution in [1.29, 1.82) is 0 Å². The molecule has 3 nitrogen and oxygen atoms in total. The molecule has 1 saturated heterocycles. The molecule has 0 amide bonds. The zero-order valence-corrected chi connectivity index (χ0v) is 12.6. The average molecular weight is 285 g/mol. The Balaban J connectivity index is 1.65. The van der Waals surface area contributed by atoms with Crippen molar-refractivity contribution < 1.29 is 9.84 Å². The fraction of sp³-hybridized carbons (Fsp3) is 0.444. The number of ether oxygens (including phenoxy) is 1. The minimum Gasteiger partial charge on any atom is -0.508 e. The van der Waals surface area contributed by atoms with Crippen molar-refractivity contribution in [3.63, 3.8) is 0 Å². The number of phenolic OH excluding ortho intramolecular Hbond substituents is 1. The number of phenols is 1. The molecule has 0 aromatic heterocycles. The van der Waals surface area contributed by atoms with Crippen LogP contribution in [0.15, 0.2) is 36.4 Å². The Kier molecular flexibility index (Phi) is 4.42. The van der Waals surface area contributed by atoms with Gasteiger partial charge >= 0.3 is 0 Å². The van der Waals surface area contributed by atoms with Crippen molar-refractivity contribution in [2.75, 3.05) is 20.2 Å². The van der Waals surface area contributed by atoms with Crippen LogP contribution >= 0.6 is 0 Å². The molecule has 0 spiro atoms. The third kappa shape index (κ3) is 3.74. The number of hydrogen-bond donors (Lipinski definition) is 1. The summed E-state index contributed by atoms with van der Waals surface area (Å²) in [4.78, 5) is 2.33. The number of fused-ring (bicyclic) bond motifs is 1. The van der Waals surface area contributed by atoms with Gasteiger partial charge in [0.15, 0.2) is 0 Å². The highest BCUT2D eigenvalue weighted by atomic mass is 16.5. The summed E-state index contributed by atoms with van der Waals surface area (Å²) in [5, 5.41) is 11.8. The van der Waals surface area contributed by atoms with Gasteiger partial charge in [-0.05, 0) is 60.8 Å². The van der Waals surface area contributed by atoms with Gasteiger partial charge in [-0.25, -0.2) is 0 Å². The van der Waals surface area contributed by atoms with E-state index in [4.69, 9.17) is 4.74 Å². The molecule has 1 fully saturated rings. The maximum absolute atomic E-state index is 9.51. The molecule has 21 heavy (non-hydrogen) atoms. The summed E-state index contributed by atoms with van der Waals surface area (Å²) in [5.41, 5.74) is 1.30. The Labute approximate surface area is 126 Å². The van der Waals surface area contributed by atoms with Crippen molar-refractivity contribution in [2.45, 2.75) is 31.9 Å². The van der Waals surface area contributed by atoms with Gasteiger partial charge in [-0.2, -0.15) is 0 Å². The lowest BCUT2D eigenvalue weighted by molar-refractivity contribution is -0.00258. The lowest BCUT2D eigenvalue weighted by Gasteiger charge is -2.27. The first-order valence-electron chi connectivity index (χ1n) is 7.72. The molecule has 0 saturated carbocycles. The first kappa shape index (κ1) is 14.4. The van der Waals surface area contributed by atoms with Gasteiger partial charge in [0.2, 0.25) is 0 Å². The van der Waals surface area contributed by atoms with E-state index in [1.807, 2.05) is 6.07 Å². The standard InChI is InChI=1S/C18H23NO2/c1-19(13-18-4-2-3-9-21-18)12-14-5-6-16-11-17(20)8-7-15(16)10-14/h5-8,10-11,18,20H,2-4,9,12-13H2,1H3. The van der Waals surface area contributed by atoms with Gasteiger partial charge in [-0.15, -0.1) is 0 Å².